The zero-order chi connectivity index (χ0) is 14.7. The summed E-state index contributed by atoms with van der Waals surface area (Å²) in [5.74, 6) is -0.877. The van der Waals surface area contributed by atoms with E-state index >= 15 is 0 Å². The molecule has 0 aliphatic heterocycles. The molecule has 0 saturated carbocycles. The minimum absolute atomic E-state index is 0. The highest BCUT2D eigenvalue weighted by Gasteiger charge is 2.32. The van der Waals surface area contributed by atoms with Crippen LogP contribution in [0, 0.1) is 5.82 Å². The second-order valence-corrected chi connectivity index (χ2v) is 6.46. The number of halogens is 3. The van der Waals surface area contributed by atoms with Crippen molar-refractivity contribution in [2.24, 2.45) is 5.73 Å². The van der Waals surface area contributed by atoms with Crippen LogP contribution >= 0.6 is 24.0 Å². The van der Waals surface area contributed by atoms with E-state index in [1.807, 2.05) is 13.8 Å². The van der Waals surface area contributed by atoms with Gasteiger partial charge in [0, 0.05) is 17.1 Å². The lowest BCUT2D eigenvalue weighted by atomic mass is 9.95. The summed E-state index contributed by atoms with van der Waals surface area (Å²) in [6.45, 7) is 3.81. The van der Waals surface area contributed by atoms with Crippen LogP contribution in [0.4, 0.5) is 4.39 Å². The van der Waals surface area contributed by atoms with E-state index in [9.17, 15) is 12.8 Å². The number of nitrogens with two attached hydrogens (primary N) is 1. The molecule has 0 atom stereocenters. The minimum atomic E-state index is -3.97. The molecule has 8 heteroatoms. The fourth-order valence-electron chi connectivity index (χ4n) is 1.76. The monoisotopic (exact) mass is 344 g/mol. The molecule has 0 saturated heterocycles. The lowest BCUT2D eigenvalue weighted by Gasteiger charge is -2.31. The van der Waals surface area contributed by atoms with Gasteiger partial charge in [-0.05, 0) is 31.0 Å². The highest BCUT2D eigenvalue weighted by Crippen LogP contribution is 2.22. The number of hydrogen-bond donors (Lipinski definition) is 2. The number of rotatable bonds is 6. The Morgan fingerprint density at radius 1 is 1.35 bits per heavy atom. The van der Waals surface area contributed by atoms with Crippen molar-refractivity contribution < 1.29 is 12.8 Å². The maximum atomic E-state index is 13.7. The largest absolute Gasteiger partial charge is 0.329 e. The van der Waals surface area contributed by atoms with Gasteiger partial charge in [0.05, 0.1) is 0 Å². The van der Waals surface area contributed by atoms with Crippen LogP contribution in [0.2, 0.25) is 5.02 Å². The van der Waals surface area contributed by atoms with Gasteiger partial charge in [-0.2, -0.15) is 0 Å². The predicted molar refractivity (Wildman–Crippen MR) is 81.3 cm³/mol. The van der Waals surface area contributed by atoms with Crippen molar-refractivity contribution in [2.75, 3.05) is 6.54 Å². The fourth-order valence-corrected chi connectivity index (χ4v) is 3.53. The van der Waals surface area contributed by atoms with E-state index in [1.165, 1.54) is 6.07 Å². The lowest BCUT2D eigenvalue weighted by molar-refractivity contribution is 0.362. The van der Waals surface area contributed by atoms with Gasteiger partial charge in [-0.3, -0.25) is 0 Å². The van der Waals surface area contributed by atoms with Crippen molar-refractivity contribution in [1.29, 1.82) is 0 Å². The van der Waals surface area contributed by atoms with Gasteiger partial charge in [0.25, 0.3) is 0 Å². The Labute approximate surface area is 130 Å². The summed E-state index contributed by atoms with van der Waals surface area (Å²) in [6, 6.07) is 3.45. The lowest BCUT2D eigenvalue weighted by Crippen LogP contribution is -2.52. The number of sulfonamides is 1. The van der Waals surface area contributed by atoms with Gasteiger partial charge < -0.3 is 5.73 Å². The quantitative estimate of drug-likeness (QED) is 0.833. The van der Waals surface area contributed by atoms with Gasteiger partial charge in [-0.15, -0.1) is 12.4 Å². The van der Waals surface area contributed by atoms with Crippen molar-refractivity contribution in [1.82, 2.24) is 4.72 Å². The van der Waals surface area contributed by atoms with Crippen molar-refractivity contribution in [3.05, 3.63) is 29.0 Å². The first-order chi connectivity index (χ1) is 8.80. The summed E-state index contributed by atoms with van der Waals surface area (Å²) in [7, 11) is -3.97. The van der Waals surface area contributed by atoms with Gasteiger partial charge in [0.1, 0.15) is 10.7 Å². The Hall–Kier alpha value is -0.400. The first kappa shape index (κ1) is 19.6. The van der Waals surface area contributed by atoms with E-state index in [1.54, 1.807) is 0 Å². The number of benzene rings is 1. The molecule has 116 valence electrons. The smallest absolute Gasteiger partial charge is 0.244 e. The average Bonchev–Trinajstić information content (AvgIpc) is 2.35. The molecular formula is C12H19Cl2FN2O2S. The summed E-state index contributed by atoms with van der Waals surface area (Å²) >= 11 is 5.61. The summed E-state index contributed by atoms with van der Waals surface area (Å²) in [5.41, 5.74) is 4.88. The molecule has 0 radical (unpaired) electrons. The second kappa shape index (κ2) is 7.56. The topological polar surface area (TPSA) is 72.2 Å². The molecule has 0 amide bonds. The first-order valence-electron chi connectivity index (χ1n) is 5.99. The van der Waals surface area contributed by atoms with E-state index in [4.69, 9.17) is 17.3 Å². The Kier molecular flexibility index (Phi) is 7.41. The molecule has 3 N–H and O–H groups in total. The van der Waals surface area contributed by atoms with Crippen LogP contribution in [0.1, 0.15) is 26.7 Å². The number of nitrogens with one attached hydrogen (secondary N) is 1. The molecular weight excluding hydrogens is 326 g/mol. The zero-order valence-electron chi connectivity index (χ0n) is 11.3. The van der Waals surface area contributed by atoms with Crippen LogP contribution in [-0.2, 0) is 10.0 Å². The molecule has 0 heterocycles. The molecule has 0 aromatic heterocycles. The Morgan fingerprint density at radius 3 is 2.30 bits per heavy atom. The van der Waals surface area contributed by atoms with E-state index in [2.05, 4.69) is 4.72 Å². The normalized spacial score (nSPS) is 12.1. The van der Waals surface area contributed by atoms with Crippen molar-refractivity contribution in [3.8, 4) is 0 Å². The van der Waals surface area contributed by atoms with E-state index < -0.39 is 26.3 Å². The molecule has 1 rings (SSSR count). The van der Waals surface area contributed by atoms with Crippen LogP contribution in [0.5, 0.6) is 0 Å². The van der Waals surface area contributed by atoms with Crippen molar-refractivity contribution in [2.45, 2.75) is 37.1 Å². The van der Waals surface area contributed by atoms with Gasteiger partial charge in [-0.1, -0.05) is 25.4 Å². The molecule has 0 unspecified atom stereocenters. The molecule has 0 spiro atoms. The average molecular weight is 345 g/mol. The van der Waals surface area contributed by atoms with Crippen molar-refractivity contribution in [3.63, 3.8) is 0 Å². The fraction of sp³-hybridized carbons (Fsp3) is 0.500. The third kappa shape index (κ3) is 4.30. The van der Waals surface area contributed by atoms with Crippen LogP contribution < -0.4 is 10.5 Å². The van der Waals surface area contributed by atoms with E-state index in [0.717, 1.165) is 12.1 Å². The third-order valence-corrected chi connectivity index (χ3v) is 5.13. The molecule has 1 aromatic carbocycles. The third-order valence-electron chi connectivity index (χ3n) is 3.28. The molecule has 0 aliphatic rings. The Morgan fingerprint density at radius 2 is 1.90 bits per heavy atom. The number of hydrogen-bond acceptors (Lipinski definition) is 3. The van der Waals surface area contributed by atoms with E-state index in [0.29, 0.717) is 12.8 Å². The maximum absolute atomic E-state index is 13.7. The summed E-state index contributed by atoms with van der Waals surface area (Å²) in [5, 5.41) is 0.146. The summed E-state index contributed by atoms with van der Waals surface area (Å²) in [4.78, 5) is -0.420. The maximum Gasteiger partial charge on any atom is 0.244 e. The zero-order valence-corrected chi connectivity index (χ0v) is 13.7. The SMILES string of the molecule is CCC(CC)(CN)NS(=O)(=O)c1ccc(Cl)cc1F.Cl. The molecule has 20 heavy (non-hydrogen) atoms. The van der Waals surface area contributed by atoms with E-state index in [-0.39, 0.29) is 24.0 Å². The molecule has 0 bridgehead atoms. The second-order valence-electron chi connectivity index (χ2n) is 4.37. The summed E-state index contributed by atoms with van der Waals surface area (Å²) in [6.07, 6.45) is 1.04. The van der Waals surface area contributed by atoms with Crippen LogP contribution in [0.15, 0.2) is 23.1 Å². The van der Waals surface area contributed by atoms with Crippen molar-refractivity contribution >= 4 is 34.0 Å². The molecule has 0 fully saturated rings. The van der Waals surface area contributed by atoms with Crippen LogP contribution in [0.3, 0.4) is 0 Å². The van der Waals surface area contributed by atoms with Crippen LogP contribution in [-0.4, -0.2) is 20.5 Å². The van der Waals surface area contributed by atoms with Gasteiger partial charge >= 0.3 is 0 Å². The predicted octanol–water partition coefficient (Wildman–Crippen LogP) is 2.70. The molecule has 0 aliphatic carbocycles. The minimum Gasteiger partial charge on any atom is -0.329 e. The molecule has 4 nitrogen and oxygen atoms in total. The highest BCUT2D eigenvalue weighted by molar-refractivity contribution is 7.89. The Balaban J connectivity index is 0.00000361. The summed E-state index contributed by atoms with van der Waals surface area (Å²) < 4.78 is 40.6. The van der Waals surface area contributed by atoms with Gasteiger partial charge in [0.15, 0.2) is 0 Å². The van der Waals surface area contributed by atoms with Crippen LogP contribution in [0.25, 0.3) is 0 Å². The molecule has 1 aromatic rings. The standard InChI is InChI=1S/C12H18ClFN2O2S.ClH/c1-3-12(4-2,8-15)16-19(17,18)11-6-5-9(13)7-10(11)14;/h5-7,16H,3-4,8,15H2,1-2H3;1H. The highest BCUT2D eigenvalue weighted by atomic mass is 35.5. The Bertz CT molecular complexity index is 540. The van der Waals surface area contributed by atoms with Gasteiger partial charge in [-0.25, -0.2) is 17.5 Å². The first-order valence-corrected chi connectivity index (χ1v) is 7.85. The van der Waals surface area contributed by atoms with Gasteiger partial charge in [0.2, 0.25) is 10.0 Å².